The number of hydrogen-bond donors (Lipinski definition) is 1. The van der Waals surface area contributed by atoms with E-state index in [-0.39, 0.29) is 0 Å². The highest BCUT2D eigenvalue weighted by molar-refractivity contribution is 5.43. The second-order valence-corrected chi connectivity index (χ2v) is 2.58. The van der Waals surface area contributed by atoms with Gasteiger partial charge in [0.05, 0.1) is 11.9 Å². The summed E-state index contributed by atoms with van der Waals surface area (Å²) >= 11 is 0. The van der Waals surface area contributed by atoms with Gasteiger partial charge in [-0.1, -0.05) is 0 Å². The molecular formula is C9H15N3. The molecule has 3 heteroatoms. The molecule has 0 saturated heterocycles. The normalized spacial score (nSPS) is 9.83. The van der Waals surface area contributed by atoms with E-state index in [0.717, 1.165) is 18.8 Å². The SMILES string of the molecule is CCN(CCN)c1cccnc1. The summed E-state index contributed by atoms with van der Waals surface area (Å²) in [5.41, 5.74) is 6.62. The molecule has 1 heterocycles. The lowest BCUT2D eigenvalue weighted by molar-refractivity contribution is 0.814. The molecule has 0 radical (unpaired) electrons. The van der Waals surface area contributed by atoms with Gasteiger partial charge in [-0.05, 0) is 19.1 Å². The van der Waals surface area contributed by atoms with Crippen molar-refractivity contribution in [2.75, 3.05) is 24.5 Å². The zero-order valence-corrected chi connectivity index (χ0v) is 7.40. The Balaban J connectivity index is 2.66. The van der Waals surface area contributed by atoms with Gasteiger partial charge in [0.1, 0.15) is 0 Å². The molecule has 0 aromatic carbocycles. The molecule has 3 nitrogen and oxygen atoms in total. The highest BCUT2D eigenvalue weighted by Crippen LogP contribution is 2.09. The Kier molecular flexibility index (Phi) is 3.54. The van der Waals surface area contributed by atoms with E-state index in [4.69, 9.17) is 5.73 Å². The van der Waals surface area contributed by atoms with Crippen molar-refractivity contribution in [3.63, 3.8) is 0 Å². The smallest absolute Gasteiger partial charge is 0.0553 e. The van der Waals surface area contributed by atoms with E-state index in [9.17, 15) is 0 Å². The minimum atomic E-state index is 0.683. The summed E-state index contributed by atoms with van der Waals surface area (Å²) < 4.78 is 0. The van der Waals surface area contributed by atoms with Crippen molar-refractivity contribution in [3.8, 4) is 0 Å². The van der Waals surface area contributed by atoms with E-state index in [0.29, 0.717) is 6.54 Å². The van der Waals surface area contributed by atoms with Gasteiger partial charge >= 0.3 is 0 Å². The average Bonchev–Trinajstić information content (AvgIpc) is 2.15. The number of likely N-dealkylation sites (N-methyl/N-ethyl adjacent to an activating group) is 1. The second-order valence-electron chi connectivity index (χ2n) is 2.58. The van der Waals surface area contributed by atoms with Crippen molar-refractivity contribution >= 4 is 5.69 Å². The minimum absolute atomic E-state index is 0.683. The first-order valence-electron chi connectivity index (χ1n) is 4.23. The molecule has 2 N–H and O–H groups in total. The number of hydrogen-bond acceptors (Lipinski definition) is 3. The lowest BCUT2D eigenvalue weighted by Crippen LogP contribution is -2.28. The molecule has 1 aromatic rings. The molecule has 0 aliphatic carbocycles. The number of nitrogens with two attached hydrogens (primary N) is 1. The van der Waals surface area contributed by atoms with Gasteiger partial charge < -0.3 is 10.6 Å². The first kappa shape index (κ1) is 9.00. The van der Waals surface area contributed by atoms with Crippen molar-refractivity contribution < 1.29 is 0 Å². The highest BCUT2D eigenvalue weighted by Gasteiger charge is 2.00. The molecule has 0 spiro atoms. The van der Waals surface area contributed by atoms with Gasteiger partial charge in [-0.2, -0.15) is 0 Å². The van der Waals surface area contributed by atoms with Gasteiger partial charge in [0.15, 0.2) is 0 Å². The van der Waals surface area contributed by atoms with E-state index in [1.807, 2.05) is 18.3 Å². The summed E-state index contributed by atoms with van der Waals surface area (Å²) in [5.74, 6) is 0. The Labute approximate surface area is 73.2 Å². The van der Waals surface area contributed by atoms with Crippen LogP contribution in [0.25, 0.3) is 0 Å². The van der Waals surface area contributed by atoms with Crippen molar-refractivity contribution in [1.82, 2.24) is 4.98 Å². The Bertz CT molecular complexity index is 210. The second kappa shape index (κ2) is 4.72. The van der Waals surface area contributed by atoms with Crippen LogP contribution >= 0.6 is 0 Å². The summed E-state index contributed by atoms with van der Waals surface area (Å²) in [4.78, 5) is 6.25. The summed E-state index contributed by atoms with van der Waals surface area (Å²) in [6.45, 7) is 4.66. The van der Waals surface area contributed by atoms with Crippen LogP contribution in [0, 0.1) is 0 Å². The van der Waals surface area contributed by atoms with Gasteiger partial charge in [0.2, 0.25) is 0 Å². The maximum absolute atomic E-state index is 5.48. The van der Waals surface area contributed by atoms with Crippen LogP contribution in [0.3, 0.4) is 0 Å². The number of nitrogens with zero attached hydrogens (tertiary/aromatic N) is 2. The van der Waals surface area contributed by atoms with Gasteiger partial charge in [-0.15, -0.1) is 0 Å². The number of rotatable bonds is 4. The number of anilines is 1. The van der Waals surface area contributed by atoms with Crippen molar-refractivity contribution in [2.24, 2.45) is 5.73 Å². The minimum Gasteiger partial charge on any atom is -0.369 e. The molecule has 1 rings (SSSR count). The Morgan fingerprint density at radius 3 is 2.92 bits per heavy atom. The maximum atomic E-state index is 5.48. The van der Waals surface area contributed by atoms with E-state index in [1.54, 1.807) is 6.20 Å². The molecule has 12 heavy (non-hydrogen) atoms. The van der Waals surface area contributed by atoms with Gasteiger partial charge in [-0.3, -0.25) is 4.98 Å². The van der Waals surface area contributed by atoms with Crippen LogP contribution < -0.4 is 10.6 Å². The van der Waals surface area contributed by atoms with Crippen LogP contribution in [0.4, 0.5) is 5.69 Å². The fraction of sp³-hybridized carbons (Fsp3) is 0.444. The first-order valence-corrected chi connectivity index (χ1v) is 4.23. The first-order chi connectivity index (χ1) is 5.88. The zero-order chi connectivity index (χ0) is 8.81. The standard InChI is InChI=1S/C9H15N3/c1-2-12(7-5-10)9-4-3-6-11-8-9/h3-4,6,8H,2,5,7,10H2,1H3. The van der Waals surface area contributed by atoms with E-state index in [1.165, 1.54) is 0 Å². The van der Waals surface area contributed by atoms with Crippen molar-refractivity contribution in [2.45, 2.75) is 6.92 Å². The van der Waals surface area contributed by atoms with Crippen LogP contribution in [0.5, 0.6) is 0 Å². The molecule has 0 atom stereocenters. The largest absolute Gasteiger partial charge is 0.369 e. The van der Waals surface area contributed by atoms with Gasteiger partial charge in [0.25, 0.3) is 0 Å². The Morgan fingerprint density at radius 1 is 1.58 bits per heavy atom. The Morgan fingerprint density at radius 2 is 2.42 bits per heavy atom. The number of pyridine rings is 1. The third kappa shape index (κ3) is 2.20. The lowest BCUT2D eigenvalue weighted by Gasteiger charge is -2.21. The molecule has 66 valence electrons. The van der Waals surface area contributed by atoms with Crippen LogP contribution in [0.2, 0.25) is 0 Å². The predicted molar refractivity (Wildman–Crippen MR) is 51.2 cm³/mol. The fourth-order valence-corrected chi connectivity index (χ4v) is 1.17. The zero-order valence-electron chi connectivity index (χ0n) is 7.40. The fourth-order valence-electron chi connectivity index (χ4n) is 1.17. The highest BCUT2D eigenvalue weighted by atomic mass is 15.1. The molecule has 0 bridgehead atoms. The summed E-state index contributed by atoms with van der Waals surface area (Å²) in [6, 6.07) is 3.99. The van der Waals surface area contributed by atoms with Crippen molar-refractivity contribution in [3.05, 3.63) is 24.5 Å². The van der Waals surface area contributed by atoms with Crippen LogP contribution in [0.15, 0.2) is 24.5 Å². The maximum Gasteiger partial charge on any atom is 0.0553 e. The van der Waals surface area contributed by atoms with Crippen LogP contribution in [-0.4, -0.2) is 24.6 Å². The van der Waals surface area contributed by atoms with Crippen LogP contribution in [-0.2, 0) is 0 Å². The van der Waals surface area contributed by atoms with Crippen LogP contribution in [0.1, 0.15) is 6.92 Å². The van der Waals surface area contributed by atoms with Gasteiger partial charge in [0, 0.05) is 25.8 Å². The predicted octanol–water partition coefficient (Wildman–Crippen LogP) is 0.867. The summed E-state index contributed by atoms with van der Waals surface area (Å²) in [6.07, 6.45) is 3.64. The molecule has 0 amide bonds. The molecule has 0 fully saturated rings. The Hall–Kier alpha value is -1.09. The topological polar surface area (TPSA) is 42.1 Å². The summed E-state index contributed by atoms with van der Waals surface area (Å²) in [7, 11) is 0. The molecular weight excluding hydrogens is 150 g/mol. The third-order valence-corrected chi connectivity index (χ3v) is 1.79. The molecule has 0 saturated carbocycles. The van der Waals surface area contributed by atoms with E-state index in [2.05, 4.69) is 16.8 Å². The molecule has 0 aliphatic heterocycles. The van der Waals surface area contributed by atoms with E-state index < -0.39 is 0 Å². The number of aromatic nitrogens is 1. The molecule has 1 aromatic heterocycles. The third-order valence-electron chi connectivity index (χ3n) is 1.79. The van der Waals surface area contributed by atoms with Crippen molar-refractivity contribution in [1.29, 1.82) is 0 Å². The quantitative estimate of drug-likeness (QED) is 0.719. The average molecular weight is 165 g/mol. The molecule has 0 aliphatic rings. The molecule has 0 unspecified atom stereocenters. The lowest BCUT2D eigenvalue weighted by atomic mass is 10.3. The summed E-state index contributed by atoms with van der Waals surface area (Å²) in [5, 5.41) is 0. The van der Waals surface area contributed by atoms with E-state index >= 15 is 0 Å². The monoisotopic (exact) mass is 165 g/mol. The van der Waals surface area contributed by atoms with Gasteiger partial charge in [-0.25, -0.2) is 0 Å².